The molecule has 3 aliphatic rings. The molecule has 0 radical (unpaired) electrons. The lowest BCUT2D eigenvalue weighted by molar-refractivity contribution is -0.127. The topological polar surface area (TPSA) is 90.7 Å². The van der Waals surface area contributed by atoms with Gasteiger partial charge in [0.05, 0.1) is 23.4 Å². The van der Waals surface area contributed by atoms with Crippen LogP contribution in [0.5, 0.6) is 0 Å². The quantitative estimate of drug-likeness (QED) is 0.755. The smallest absolute Gasteiger partial charge is 0.257 e. The number of carbonyl (C=O) groups is 2. The van der Waals surface area contributed by atoms with E-state index in [9.17, 15) is 14.7 Å². The summed E-state index contributed by atoms with van der Waals surface area (Å²) in [6, 6.07) is 0.248. The van der Waals surface area contributed by atoms with Crippen molar-refractivity contribution in [2.75, 3.05) is 19.6 Å². The summed E-state index contributed by atoms with van der Waals surface area (Å²) in [6.07, 6.45) is 7.45. The molecule has 3 heterocycles. The van der Waals surface area contributed by atoms with E-state index in [2.05, 4.69) is 15.3 Å². The second-order valence-electron chi connectivity index (χ2n) is 9.64. The lowest BCUT2D eigenvalue weighted by Crippen LogP contribution is -2.53. The number of nitrogens with zero attached hydrogens (tertiary/aromatic N) is 4. The first kappa shape index (κ1) is 22.3. The average molecular weight is 432 g/mol. The van der Waals surface area contributed by atoms with E-state index in [1.165, 1.54) is 19.3 Å². The van der Waals surface area contributed by atoms with Crippen LogP contribution in [-0.4, -0.2) is 80.4 Å². The molecule has 31 heavy (non-hydrogen) atoms. The van der Waals surface area contributed by atoms with Crippen LogP contribution in [0.4, 0.5) is 0 Å². The molecule has 8 nitrogen and oxygen atoms in total. The van der Waals surface area contributed by atoms with Gasteiger partial charge in [-0.1, -0.05) is 19.3 Å². The summed E-state index contributed by atoms with van der Waals surface area (Å²) in [5, 5.41) is 17.9. The zero-order valence-corrected chi connectivity index (χ0v) is 19.1. The Labute approximate surface area is 185 Å². The number of aryl methyl sites for hydroxylation is 2. The number of hydrogen-bond donors (Lipinski definition) is 2. The lowest BCUT2D eigenvalue weighted by atomic mass is 9.95. The maximum atomic E-state index is 13.1. The van der Waals surface area contributed by atoms with Crippen LogP contribution < -0.4 is 5.32 Å². The van der Waals surface area contributed by atoms with Crippen LogP contribution in [0.15, 0.2) is 0 Å². The lowest BCUT2D eigenvalue weighted by Gasteiger charge is -2.39. The molecular formula is C23H37N5O3. The first-order chi connectivity index (χ1) is 14.8. The summed E-state index contributed by atoms with van der Waals surface area (Å²) < 4.78 is 1.76. The van der Waals surface area contributed by atoms with Gasteiger partial charge in [0.25, 0.3) is 5.91 Å². The molecule has 1 aliphatic carbocycles. The van der Waals surface area contributed by atoms with E-state index in [-0.39, 0.29) is 29.9 Å². The molecule has 4 rings (SSSR count). The predicted molar refractivity (Wildman–Crippen MR) is 118 cm³/mol. The standard InChI is InChI=1S/C23H37N5O3/c1-15-21(16(2)26(3)25-15)23(31)27-11-9-18(10-12-27)28-14-19(29)13-20(28)22(30)24-17-7-5-4-6-8-17/h17-20,29H,4-14H2,1-3H3,(H,24,30)/t19-,20+/m1/s1. The number of amides is 2. The van der Waals surface area contributed by atoms with Gasteiger partial charge >= 0.3 is 0 Å². The van der Waals surface area contributed by atoms with Gasteiger partial charge in [-0.05, 0) is 46.0 Å². The van der Waals surface area contributed by atoms with E-state index in [1.807, 2.05) is 25.8 Å². The maximum absolute atomic E-state index is 13.1. The fourth-order valence-electron chi connectivity index (χ4n) is 5.69. The second-order valence-corrected chi connectivity index (χ2v) is 9.64. The Balaban J connectivity index is 1.36. The van der Waals surface area contributed by atoms with Gasteiger partial charge in [-0.3, -0.25) is 19.2 Å². The van der Waals surface area contributed by atoms with Crippen LogP contribution in [-0.2, 0) is 11.8 Å². The summed E-state index contributed by atoms with van der Waals surface area (Å²) in [7, 11) is 1.86. The monoisotopic (exact) mass is 431 g/mol. The molecule has 3 fully saturated rings. The zero-order chi connectivity index (χ0) is 22.1. The zero-order valence-electron chi connectivity index (χ0n) is 19.1. The van der Waals surface area contributed by atoms with Crippen molar-refractivity contribution in [3.05, 3.63) is 17.0 Å². The van der Waals surface area contributed by atoms with Gasteiger partial charge in [0.1, 0.15) is 0 Å². The first-order valence-corrected chi connectivity index (χ1v) is 11.9. The van der Waals surface area contributed by atoms with Gasteiger partial charge in [0.2, 0.25) is 5.91 Å². The van der Waals surface area contributed by atoms with Gasteiger partial charge in [0, 0.05) is 44.5 Å². The number of likely N-dealkylation sites (tertiary alicyclic amines) is 2. The maximum Gasteiger partial charge on any atom is 0.257 e. The van der Waals surface area contributed by atoms with Crippen molar-refractivity contribution in [1.29, 1.82) is 0 Å². The minimum atomic E-state index is -0.456. The highest BCUT2D eigenvalue weighted by molar-refractivity contribution is 5.96. The number of hydrogen-bond acceptors (Lipinski definition) is 5. The summed E-state index contributed by atoms with van der Waals surface area (Å²) >= 11 is 0. The summed E-state index contributed by atoms with van der Waals surface area (Å²) in [6.45, 7) is 5.69. The molecule has 172 valence electrons. The minimum absolute atomic E-state index is 0.0506. The predicted octanol–water partition coefficient (Wildman–Crippen LogP) is 1.53. The van der Waals surface area contributed by atoms with Crippen molar-refractivity contribution in [2.24, 2.45) is 7.05 Å². The molecule has 0 unspecified atom stereocenters. The SMILES string of the molecule is Cc1nn(C)c(C)c1C(=O)N1CCC(N2C[C@H](O)C[C@H]2C(=O)NC2CCCCC2)CC1. The first-order valence-electron chi connectivity index (χ1n) is 11.9. The molecule has 8 heteroatoms. The molecule has 0 spiro atoms. The van der Waals surface area contributed by atoms with Crippen molar-refractivity contribution in [3.8, 4) is 0 Å². The van der Waals surface area contributed by atoms with E-state index in [0.717, 1.165) is 37.1 Å². The number of carbonyl (C=O) groups excluding carboxylic acids is 2. The summed E-state index contributed by atoms with van der Waals surface area (Å²) in [5.41, 5.74) is 2.38. The third-order valence-electron chi connectivity index (χ3n) is 7.52. The van der Waals surface area contributed by atoms with Crippen molar-refractivity contribution in [3.63, 3.8) is 0 Å². The number of aliphatic hydroxyl groups is 1. The van der Waals surface area contributed by atoms with Gasteiger partial charge < -0.3 is 15.3 Å². The fourth-order valence-corrected chi connectivity index (χ4v) is 5.69. The Bertz CT molecular complexity index is 808. The van der Waals surface area contributed by atoms with Crippen molar-refractivity contribution < 1.29 is 14.7 Å². The molecule has 0 bridgehead atoms. The molecule has 0 aromatic carbocycles. The van der Waals surface area contributed by atoms with Crippen LogP contribution >= 0.6 is 0 Å². The number of nitrogens with one attached hydrogen (secondary N) is 1. The van der Waals surface area contributed by atoms with Crippen LogP contribution in [0.2, 0.25) is 0 Å². The van der Waals surface area contributed by atoms with Gasteiger partial charge in [-0.2, -0.15) is 5.10 Å². The van der Waals surface area contributed by atoms with Gasteiger partial charge in [0.15, 0.2) is 0 Å². The van der Waals surface area contributed by atoms with Crippen LogP contribution in [0, 0.1) is 13.8 Å². The van der Waals surface area contributed by atoms with E-state index in [0.29, 0.717) is 31.6 Å². The summed E-state index contributed by atoms with van der Waals surface area (Å²) in [5.74, 6) is 0.123. The molecule has 2 N–H and O–H groups in total. The molecular weight excluding hydrogens is 394 g/mol. The van der Waals surface area contributed by atoms with Crippen LogP contribution in [0.1, 0.15) is 73.1 Å². The van der Waals surface area contributed by atoms with Gasteiger partial charge in [-0.15, -0.1) is 0 Å². The Morgan fingerprint density at radius 3 is 2.35 bits per heavy atom. The molecule has 2 atom stereocenters. The molecule has 1 saturated carbocycles. The van der Waals surface area contributed by atoms with E-state index in [4.69, 9.17) is 0 Å². The number of rotatable bonds is 4. The van der Waals surface area contributed by atoms with E-state index < -0.39 is 6.10 Å². The van der Waals surface area contributed by atoms with Crippen molar-refractivity contribution in [1.82, 2.24) is 24.9 Å². The van der Waals surface area contributed by atoms with Crippen LogP contribution in [0.3, 0.4) is 0 Å². The Kier molecular flexibility index (Phi) is 6.67. The van der Waals surface area contributed by atoms with E-state index >= 15 is 0 Å². The Morgan fingerprint density at radius 2 is 1.74 bits per heavy atom. The number of aliphatic hydroxyl groups excluding tert-OH is 1. The highest BCUT2D eigenvalue weighted by Gasteiger charge is 2.41. The Hall–Kier alpha value is -1.93. The molecule has 1 aromatic heterocycles. The Morgan fingerprint density at radius 1 is 1.06 bits per heavy atom. The van der Waals surface area contributed by atoms with Crippen molar-refractivity contribution >= 4 is 11.8 Å². The molecule has 2 aliphatic heterocycles. The second kappa shape index (κ2) is 9.28. The minimum Gasteiger partial charge on any atom is -0.392 e. The average Bonchev–Trinajstić information content (AvgIpc) is 3.27. The largest absolute Gasteiger partial charge is 0.392 e. The highest BCUT2D eigenvalue weighted by Crippen LogP contribution is 2.28. The number of aromatic nitrogens is 2. The van der Waals surface area contributed by atoms with Crippen molar-refractivity contribution in [2.45, 2.75) is 89.4 Å². The molecule has 1 aromatic rings. The fraction of sp³-hybridized carbons (Fsp3) is 0.783. The molecule has 2 saturated heterocycles. The third kappa shape index (κ3) is 4.65. The number of piperidine rings is 1. The highest BCUT2D eigenvalue weighted by atomic mass is 16.3. The summed E-state index contributed by atoms with van der Waals surface area (Å²) in [4.78, 5) is 30.2. The normalized spacial score (nSPS) is 26.4. The number of β-amino-alcohol motifs (C(OH)–C–C–N with tert-alkyl or cyclic N) is 1. The van der Waals surface area contributed by atoms with Crippen LogP contribution in [0.25, 0.3) is 0 Å². The molecule has 2 amide bonds. The van der Waals surface area contributed by atoms with Gasteiger partial charge in [-0.25, -0.2) is 0 Å². The third-order valence-corrected chi connectivity index (χ3v) is 7.52. The van der Waals surface area contributed by atoms with E-state index in [1.54, 1.807) is 4.68 Å².